The van der Waals surface area contributed by atoms with E-state index in [9.17, 15) is 0 Å². The second kappa shape index (κ2) is 21.9. The van der Waals surface area contributed by atoms with Gasteiger partial charge >= 0.3 is 0 Å². The Balaban J connectivity index is 4.64. The van der Waals surface area contributed by atoms with Crippen LogP contribution in [0.15, 0.2) is 0 Å². The molecule has 0 nitrogen and oxygen atoms in total. The van der Waals surface area contributed by atoms with Crippen molar-refractivity contribution in [1.29, 1.82) is 0 Å². The molecule has 0 amide bonds. The molecule has 0 aliphatic rings. The smallest absolute Gasteiger partial charge is 0.125 e. The van der Waals surface area contributed by atoms with E-state index in [0.29, 0.717) is 33.2 Å². The molecule has 0 aliphatic carbocycles. The molecule has 48 heavy (non-hydrogen) atoms. The fraction of sp³-hybridized carbons (Fsp3) is 0.682. The SMILES string of the molecule is CCCCCCc1c(C#CBr)c(C#C[Si](C(C)C)(C(C)C)C(C)C)c(CCCCCC)c(C#CBr)c1C#C[Si](C(C)C)(C(C)C)C(C)C. The fourth-order valence-corrected chi connectivity index (χ4v) is 19.5. The van der Waals surface area contributed by atoms with Gasteiger partial charge in [-0.15, -0.1) is 11.1 Å². The number of hydrogen-bond acceptors (Lipinski definition) is 0. The topological polar surface area (TPSA) is 0 Å². The van der Waals surface area contributed by atoms with Crippen molar-refractivity contribution in [3.63, 3.8) is 0 Å². The van der Waals surface area contributed by atoms with Crippen LogP contribution in [0.1, 0.15) is 182 Å². The molecule has 0 aliphatic heterocycles. The molecule has 1 aromatic rings. The van der Waals surface area contributed by atoms with Gasteiger partial charge in [-0.1, -0.05) is 159 Å². The molecular formula is C44H68Br2Si2. The first-order valence-electron chi connectivity index (χ1n) is 19.2. The minimum Gasteiger partial charge on any atom is -0.125 e. The van der Waals surface area contributed by atoms with Gasteiger partial charge in [-0.3, -0.25) is 0 Å². The van der Waals surface area contributed by atoms with Crippen molar-refractivity contribution in [2.45, 2.75) is 194 Å². The molecule has 0 saturated carbocycles. The summed E-state index contributed by atoms with van der Waals surface area (Å²) in [5.74, 6) is 15.1. The highest BCUT2D eigenvalue weighted by atomic mass is 79.9. The highest BCUT2D eigenvalue weighted by Gasteiger charge is 2.43. The molecule has 0 fully saturated rings. The van der Waals surface area contributed by atoms with Crippen LogP contribution >= 0.6 is 31.9 Å². The first-order valence-corrected chi connectivity index (χ1v) is 25.2. The average Bonchev–Trinajstić information content (AvgIpc) is 3.00. The third kappa shape index (κ3) is 10.9. The Morgan fingerprint density at radius 2 is 0.688 bits per heavy atom. The lowest BCUT2D eigenvalue weighted by molar-refractivity contribution is 0.661. The molecule has 1 aromatic carbocycles. The summed E-state index contributed by atoms with van der Waals surface area (Å²) in [6, 6.07) is 0. The Morgan fingerprint density at radius 1 is 0.417 bits per heavy atom. The van der Waals surface area contributed by atoms with E-state index in [2.05, 4.69) is 173 Å². The second-order valence-electron chi connectivity index (χ2n) is 15.8. The predicted octanol–water partition coefficient (Wildman–Crippen LogP) is 14.5. The molecular weight excluding hydrogens is 744 g/mol. The van der Waals surface area contributed by atoms with Gasteiger partial charge in [0.2, 0.25) is 0 Å². The van der Waals surface area contributed by atoms with Crippen LogP contribution in [0.25, 0.3) is 0 Å². The zero-order valence-electron chi connectivity index (χ0n) is 33.3. The average molecular weight is 813 g/mol. The van der Waals surface area contributed by atoms with Crippen molar-refractivity contribution in [2.75, 3.05) is 0 Å². The minimum absolute atomic E-state index is 0.561. The number of unbranched alkanes of at least 4 members (excludes halogenated alkanes) is 6. The molecule has 0 spiro atoms. The van der Waals surface area contributed by atoms with Crippen molar-refractivity contribution < 1.29 is 0 Å². The highest BCUT2D eigenvalue weighted by molar-refractivity contribution is 9.12. The third-order valence-corrected chi connectivity index (χ3v) is 24.1. The van der Waals surface area contributed by atoms with Crippen LogP contribution in [-0.2, 0) is 12.8 Å². The van der Waals surface area contributed by atoms with Gasteiger partial charge in [-0.2, -0.15) is 0 Å². The van der Waals surface area contributed by atoms with Gasteiger partial charge in [0, 0.05) is 54.1 Å². The Kier molecular flexibility index (Phi) is 20.5. The minimum atomic E-state index is -1.99. The Bertz CT molecular complexity index is 1260. The second-order valence-corrected chi connectivity index (χ2v) is 27.8. The summed E-state index contributed by atoms with van der Waals surface area (Å²) < 4.78 is 0. The summed E-state index contributed by atoms with van der Waals surface area (Å²) in [5, 5.41) is 0. The quantitative estimate of drug-likeness (QED) is 0.0886. The zero-order chi connectivity index (χ0) is 36.7. The van der Waals surface area contributed by atoms with Crippen molar-refractivity contribution in [3.8, 4) is 44.4 Å². The van der Waals surface area contributed by atoms with E-state index in [0.717, 1.165) is 47.9 Å². The summed E-state index contributed by atoms with van der Waals surface area (Å²) >= 11 is 7.08. The first-order chi connectivity index (χ1) is 22.6. The number of rotatable bonds is 16. The maximum absolute atomic E-state index is 4.10. The van der Waals surface area contributed by atoms with E-state index in [1.165, 1.54) is 49.7 Å². The normalized spacial score (nSPS) is 11.8. The zero-order valence-corrected chi connectivity index (χ0v) is 38.5. The molecule has 0 radical (unpaired) electrons. The Morgan fingerprint density at radius 3 is 0.917 bits per heavy atom. The van der Waals surface area contributed by atoms with Crippen molar-refractivity contribution in [2.24, 2.45) is 0 Å². The molecule has 0 atom stereocenters. The van der Waals surface area contributed by atoms with Crippen molar-refractivity contribution in [1.82, 2.24) is 0 Å². The van der Waals surface area contributed by atoms with Gasteiger partial charge in [0.05, 0.1) is 0 Å². The van der Waals surface area contributed by atoms with Crippen LogP contribution in [-0.4, -0.2) is 16.1 Å². The van der Waals surface area contributed by atoms with Gasteiger partial charge in [-0.05, 0) is 79.7 Å². The Labute approximate surface area is 318 Å². The number of benzene rings is 1. The molecule has 1 rings (SSSR count). The molecule has 4 heteroatoms. The van der Waals surface area contributed by atoms with E-state index < -0.39 is 16.1 Å². The lowest BCUT2D eigenvalue weighted by atomic mass is 9.83. The van der Waals surface area contributed by atoms with E-state index in [1.807, 2.05) is 0 Å². The molecule has 0 heterocycles. The van der Waals surface area contributed by atoms with Crippen molar-refractivity contribution >= 4 is 48.0 Å². The van der Waals surface area contributed by atoms with Crippen LogP contribution < -0.4 is 0 Å². The molecule has 0 bridgehead atoms. The summed E-state index contributed by atoms with van der Waals surface area (Å²) in [7, 11) is -3.99. The number of hydrogen-bond donors (Lipinski definition) is 0. The van der Waals surface area contributed by atoms with Crippen LogP contribution in [0, 0.1) is 44.4 Å². The van der Waals surface area contributed by atoms with Crippen LogP contribution in [0.3, 0.4) is 0 Å². The Hall–Kier alpha value is -1.15. The predicted molar refractivity (Wildman–Crippen MR) is 230 cm³/mol. The molecule has 0 unspecified atom stereocenters. The van der Waals surface area contributed by atoms with Crippen molar-refractivity contribution in [3.05, 3.63) is 33.4 Å². The largest absolute Gasteiger partial charge is 0.146 e. The summed E-state index contributed by atoms with van der Waals surface area (Å²) in [6.07, 6.45) is 11.5. The van der Waals surface area contributed by atoms with Crippen LogP contribution in [0.5, 0.6) is 0 Å². The van der Waals surface area contributed by atoms with E-state index >= 15 is 0 Å². The highest BCUT2D eigenvalue weighted by Crippen LogP contribution is 2.42. The van der Waals surface area contributed by atoms with Gasteiger partial charge < -0.3 is 0 Å². The summed E-state index contributed by atoms with van der Waals surface area (Å²) in [6.45, 7) is 33.4. The number of halogens is 2. The van der Waals surface area contributed by atoms with Gasteiger partial charge in [0.1, 0.15) is 16.1 Å². The molecule has 0 N–H and O–H groups in total. The first kappa shape index (κ1) is 44.9. The summed E-state index contributed by atoms with van der Waals surface area (Å²) in [5.41, 5.74) is 18.5. The van der Waals surface area contributed by atoms with Gasteiger partial charge in [0.15, 0.2) is 0 Å². The van der Waals surface area contributed by atoms with E-state index in [4.69, 9.17) is 0 Å². The standard InChI is InChI=1S/C44H68Br2Si2/c1-15-17-19-21-23-39-41(25-29-45)44(28-32-48(36(9)10,37(11)12)38(13)14)40(24-22-20-18-16-2)42(26-30-46)43(39)27-31-47(33(3)4,34(5)6)35(7)8/h33-38H,15-24H2,1-14H3. The monoisotopic (exact) mass is 810 g/mol. The maximum Gasteiger partial charge on any atom is 0.146 e. The molecule has 0 aromatic heterocycles. The van der Waals surface area contributed by atoms with E-state index in [-0.39, 0.29) is 0 Å². The fourth-order valence-electron chi connectivity index (χ4n) is 8.66. The van der Waals surface area contributed by atoms with Crippen LogP contribution in [0.4, 0.5) is 0 Å². The molecule has 0 saturated heterocycles. The molecule has 266 valence electrons. The van der Waals surface area contributed by atoms with Crippen LogP contribution in [0.2, 0.25) is 33.2 Å². The summed E-state index contributed by atoms with van der Waals surface area (Å²) in [4.78, 5) is 6.32. The van der Waals surface area contributed by atoms with E-state index in [1.54, 1.807) is 0 Å². The lowest BCUT2D eigenvalue weighted by Crippen LogP contribution is -2.43. The third-order valence-electron chi connectivity index (χ3n) is 11.2. The maximum atomic E-state index is 4.10. The van der Waals surface area contributed by atoms with Gasteiger partial charge in [-0.25, -0.2) is 0 Å². The van der Waals surface area contributed by atoms with Gasteiger partial charge in [0.25, 0.3) is 0 Å². The lowest BCUT2D eigenvalue weighted by Gasteiger charge is -2.38.